The van der Waals surface area contributed by atoms with Gasteiger partial charge in [-0.3, -0.25) is 25.0 Å². The smallest absolute Gasteiger partial charge is 0.345 e. The molecule has 3 aromatic rings. The van der Waals surface area contributed by atoms with Crippen LogP contribution in [0.15, 0.2) is 53.6 Å². The molecular formula is C16H11FN4O5S. The van der Waals surface area contributed by atoms with E-state index in [-0.39, 0.29) is 22.3 Å². The van der Waals surface area contributed by atoms with Crippen molar-refractivity contribution in [1.29, 1.82) is 0 Å². The zero-order valence-electron chi connectivity index (χ0n) is 13.5. The second-order valence-electron chi connectivity index (χ2n) is 5.17. The van der Waals surface area contributed by atoms with Gasteiger partial charge in [0.2, 0.25) is 0 Å². The Balaban J connectivity index is 1.73. The summed E-state index contributed by atoms with van der Waals surface area (Å²) in [5, 5.41) is 12.7. The van der Waals surface area contributed by atoms with Crippen molar-refractivity contribution in [3.05, 3.63) is 86.2 Å². The number of halogens is 1. The number of anilines is 1. The Hall–Kier alpha value is -3.60. The average Bonchev–Trinajstić information content (AvgIpc) is 3.11. The first-order valence-electron chi connectivity index (χ1n) is 7.45. The van der Waals surface area contributed by atoms with Crippen molar-refractivity contribution in [2.75, 3.05) is 5.32 Å². The summed E-state index contributed by atoms with van der Waals surface area (Å²) in [6.45, 7) is -0.00999. The van der Waals surface area contributed by atoms with Crippen LogP contribution in [-0.2, 0) is 6.61 Å². The van der Waals surface area contributed by atoms with Gasteiger partial charge in [-0.15, -0.1) is 0 Å². The second kappa shape index (κ2) is 7.74. The fraction of sp³-hybridized carbons (Fsp3) is 0.0625. The summed E-state index contributed by atoms with van der Waals surface area (Å²) in [5.74, 6) is -1.17. The molecule has 0 saturated heterocycles. The lowest BCUT2D eigenvalue weighted by atomic mass is 10.2. The van der Waals surface area contributed by atoms with Crippen LogP contribution in [0.5, 0.6) is 0 Å². The predicted molar refractivity (Wildman–Crippen MR) is 94.1 cm³/mol. The van der Waals surface area contributed by atoms with Gasteiger partial charge in [-0.2, -0.15) is 4.73 Å². The van der Waals surface area contributed by atoms with Crippen LogP contribution in [0.25, 0.3) is 0 Å². The minimum absolute atomic E-state index is 0.00580. The zero-order valence-corrected chi connectivity index (χ0v) is 14.3. The molecule has 0 spiro atoms. The first-order valence-corrected chi connectivity index (χ1v) is 8.26. The molecule has 0 unspecified atom stereocenters. The molecule has 1 amide bonds. The molecule has 0 aliphatic carbocycles. The third-order valence-electron chi connectivity index (χ3n) is 3.34. The van der Waals surface area contributed by atoms with E-state index < -0.39 is 22.2 Å². The van der Waals surface area contributed by atoms with Gasteiger partial charge in [0.15, 0.2) is 5.13 Å². The molecule has 1 N–H and O–H groups in total. The van der Waals surface area contributed by atoms with Crippen LogP contribution in [0.1, 0.15) is 15.9 Å². The van der Waals surface area contributed by atoms with Crippen LogP contribution in [0, 0.1) is 15.9 Å². The molecule has 0 fully saturated rings. The van der Waals surface area contributed by atoms with Gasteiger partial charge in [0.05, 0.1) is 4.92 Å². The van der Waals surface area contributed by atoms with E-state index in [9.17, 15) is 24.1 Å². The lowest BCUT2D eigenvalue weighted by Crippen LogP contribution is -2.32. The zero-order chi connectivity index (χ0) is 19.4. The van der Waals surface area contributed by atoms with Crippen LogP contribution >= 0.6 is 11.3 Å². The monoisotopic (exact) mass is 390 g/mol. The van der Waals surface area contributed by atoms with Crippen molar-refractivity contribution in [1.82, 2.24) is 9.71 Å². The maximum atomic E-state index is 12.9. The molecule has 0 bridgehead atoms. The molecule has 9 nitrogen and oxygen atoms in total. The number of pyridine rings is 1. The SMILES string of the molecule is O=C(Nc1ncc([N+](=O)[O-])s1)c1cccn(OCc2ccc(F)cc2)c1=O. The van der Waals surface area contributed by atoms with Gasteiger partial charge in [-0.25, -0.2) is 9.37 Å². The largest absolute Gasteiger partial charge is 0.406 e. The number of aromatic nitrogens is 2. The summed E-state index contributed by atoms with van der Waals surface area (Å²) in [6.07, 6.45) is 2.34. The molecule has 0 aliphatic rings. The number of thiazole rings is 1. The van der Waals surface area contributed by atoms with Crippen LogP contribution in [0.3, 0.4) is 0 Å². The molecule has 2 aromatic heterocycles. The Kier molecular flexibility index (Phi) is 5.22. The molecular weight excluding hydrogens is 379 g/mol. The van der Waals surface area contributed by atoms with E-state index in [1.807, 2.05) is 0 Å². The van der Waals surface area contributed by atoms with E-state index in [1.165, 1.54) is 42.6 Å². The molecule has 3 rings (SSSR count). The van der Waals surface area contributed by atoms with E-state index >= 15 is 0 Å². The number of nitro groups is 1. The molecule has 1 aromatic carbocycles. The van der Waals surface area contributed by atoms with Gasteiger partial charge in [-0.05, 0) is 41.2 Å². The van der Waals surface area contributed by atoms with E-state index in [2.05, 4.69) is 10.3 Å². The van der Waals surface area contributed by atoms with E-state index in [1.54, 1.807) is 0 Å². The van der Waals surface area contributed by atoms with Gasteiger partial charge in [0.25, 0.3) is 11.5 Å². The third-order valence-corrected chi connectivity index (χ3v) is 4.20. The third kappa shape index (κ3) is 4.33. The van der Waals surface area contributed by atoms with Crippen LogP contribution in [0.4, 0.5) is 14.5 Å². The summed E-state index contributed by atoms with van der Waals surface area (Å²) in [4.78, 5) is 43.7. The first-order chi connectivity index (χ1) is 12.9. The fourth-order valence-electron chi connectivity index (χ4n) is 2.05. The fourth-order valence-corrected chi connectivity index (χ4v) is 2.67. The molecule has 138 valence electrons. The number of benzene rings is 1. The van der Waals surface area contributed by atoms with Crippen molar-refractivity contribution in [2.45, 2.75) is 6.61 Å². The Bertz CT molecular complexity index is 1050. The first kappa shape index (κ1) is 18.2. The van der Waals surface area contributed by atoms with E-state index in [0.717, 1.165) is 10.9 Å². The normalized spacial score (nSPS) is 10.4. The van der Waals surface area contributed by atoms with Crippen molar-refractivity contribution < 1.29 is 18.9 Å². The highest BCUT2D eigenvalue weighted by molar-refractivity contribution is 7.18. The summed E-state index contributed by atoms with van der Waals surface area (Å²) >= 11 is 0.670. The Morgan fingerprint density at radius 3 is 2.74 bits per heavy atom. The van der Waals surface area contributed by atoms with Crippen molar-refractivity contribution in [2.24, 2.45) is 0 Å². The molecule has 0 radical (unpaired) electrons. The molecule has 27 heavy (non-hydrogen) atoms. The highest BCUT2D eigenvalue weighted by atomic mass is 32.1. The highest BCUT2D eigenvalue weighted by Crippen LogP contribution is 2.25. The van der Waals surface area contributed by atoms with Gasteiger partial charge in [0.1, 0.15) is 24.2 Å². The predicted octanol–water partition coefficient (Wildman–Crippen LogP) is 2.23. The van der Waals surface area contributed by atoms with Crippen molar-refractivity contribution >= 4 is 27.4 Å². The van der Waals surface area contributed by atoms with E-state index in [4.69, 9.17) is 4.84 Å². The Morgan fingerprint density at radius 1 is 1.33 bits per heavy atom. The maximum absolute atomic E-state index is 12.9. The molecule has 0 atom stereocenters. The topological polar surface area (TPSA) is 116 Å². The lowest BCUT2D eigenvalue weighted by Gasteiger charge is -2.09. The number of rotatable bonds is 6. The quantitative estimate of drug-likeness (QED) is 0.510. The molecule has 0 saturated carbocycles. The van der Waals surface area contributed by atoms with Gasteiger partial charge < -0.3 is 4.84 Å². The van der Waals surface area contributed by atoms with Crippen molar-refractivity contribution in [3.8, 4) is 0 Å². The number of nitrogens with one attached hydrogen (secondary N) is 1. The van der Waals surface area contributed by atoms with Crippen LogP contribution < -0.4 is 15.7 Å². The number of carbonyl (C=O) groups excluding carboxylic acids is 1. The van der Waals surface area contributed by atoms with Crippen molar-refractivity contribution in [3.63, 3.8) is 0 Å². The lowest BCUT2D eigenvalue weighted by molar-refractivity contribution is -0.380. The van der Waals surface area contributed by atoms with Gasteiger partial charge in [-0.1, -0.05) is 12.1 Å². The van der Waals surface area contributed by atoms with E-state index in [0.29, 0.717) is 16.9 Å². The summed E-state index contributed by atoms with van der Waals surface area (Å²) in [7, 11) is 0. The van der Waals surface area contributed by atoms with Crippen LogP contribution in [-0.4, -0.2) is 20.5 Å². The summed E-state index contributed by atoms with van der Waals surface area (Å²) < 4.78 is 13.8. The highest BCUT2D eigenvalue weighted by Gasteiger charge is 2.17. The standard InChI is InChI=1S/C16H11FN4O5S/c17-11-5-3-10(4-6-11)9-26-20-7-1-2-12(15(20)23)14(22)19-16-18-8-13(27-16)21(24)25/h1-8H,9H2,(H,18,19,22). The molecule has 2 heterocycles. The summed E-state index contributed by atoms with van der Waals surface area (Å²) in [6, 6.07) is 8.26. The molecule has 0 aliphatic heterocycles. The van der Waals surface area contributed by atoms with Gasteiger partial charge in [0, 0.05) is 6.20 Å². The number of nitrogens with zero attached hydrogens (tertiary/aromatic N) is 3. The number of hydrogen-bond donors (Lipinski definition) is 1. The minimum atomic E-state index is -0.774. The Labute approximate surface area is 154 Å². The maximum Gasteiger partial charge on any atom is 0.345 e. The second-order valence-corrected chi connectivity index (χ2v) is 6.18. The van der Waals surface area contributed by atoms with Gasteiger partial charge >= 0.3 is 5.00 Å². The summed E-state index contributed by atoms with van der Waals surface area (Å²) in [5.41, 5.74) is -0.314. The minimum Gasteiger partial charge on any atom is -0.406 e. The number of hydrogen-bond acceptors (Lipinski definition) is 7. The number of carbonyl (C=O) groups is 1. The van der Waals surface area contributed by atoms with Crippen LogP contribution in [0.2, 0.25) is 0 Å². The average molecular weight is 390 g/mol. The molecule has 11 heteroatoms. The number of amides is 1. The Morgan fingerprint density at radius 2 is 2.07 bits per heavy atom.